The van der Waals surface area contributed by atoms with E-state index in [0.717, 1.165) is 59.1 Å². The van der Waals surface area contributed by atoms with Gasteiger partial charge in [-0.3, -0.25) is 19.4 Å². The van der Waals surface area contributed by atoms with Crippen molar-refractivity contribution in [2.75, 3.05) is 26.4 Å². The number of carbonyl (C=O) groups excluding carboxylic acids is 2. The fraction of sp³-hybridized carbons (Fsp3) is 0.367. The molecule has 388 valence electrons. The second kappa shape index (κ2) is 21.7. The first-order chi connectivity index (χ1) is 35.3. The molecule has 2 fully saturated rings. The molecule has 4 aliphatic rings. The van der Waals surface area contributed by atoms with Crippen LogP contribution in [0.2, 0.25) is 20.1 Å². The SMILES string of the molecule is CC(C)(O)c1ccc2c(c1)C(=O)N(Cc1ccc(Cl)cc1)[C@@]2(OC[C@@H]1CC[C@@H]1CO)c1ccc(Cl)cc1.CC(C)(O)c1ccc2c(c1)C(=O)N(Cc1ccc(Cl)cc1)[C@@]2(OC[C@H]1CC[C@H]1CO)c1ccc(Cl)cc1. The van der Waals surface area contributed by atoms with Gasteiger partial charge in [0.25, 0.3) is 11.8 Å². The maximum absolute atomic E-state index is 14.1. The van der Waals surface area contributed by atoms with E-state index in [4.69, 9.17) is 55.9 Å². The van der Waals surface area contributed by atoms with Crippen LogP contribution < -0.4 is 0 Å². The minimum atomic E-state index is -1.20. The first-order valence-corrected chi connectivity index (χ1v) is 26.7. The average Bonchev–Trinajstić information content (AvgIpc) is 3.73. The molecule has 2 saturated carbocycles. The molecule has 2 aliphatic carbocycles. The predicted molar refractivity (Wildman–Crippen MR) is 289 cm³/mol. The molecule has 6 aromatic rings. The summed E-state index contributed by atoms with van der Waals surface area (Å²) in [5.41, 5.74) is 2.51. The molecule has 6 aromatic carbocycles. The Morgan fingerprint density at radius 3 is 1.08 bits per heavy atom. The second-order valence-corrected chi connectivity index (χ2v) is 22.9. The minimum absolute atomic E-state index is 0.126. The number of ether oxygens (including phenoxy) is 2. The number of aliphatic hydroxyl groups excluding tert-OH is 2. The highest BCUT2D eigenvalue weighted by Gasteiger charge is 2.55. The highest BCUT2D eigenvalue weighted by atomic mass is 35.5. The van der Waals surface area contributed by atoms with Gasteiger partial charge in [-0.1, -0.05) is 119 Å². The quantitative estimate of drug-likeness (QED) is 0.0751. The van der Waals surface area contributed by atoms with Crippen LogP contribution in [-0.2, 0) is 45.2 Å². The number of nitrogens with zero attached hydrogens (tertiary/aromatic N) is 2. The molecule has 0 unspecified atom stereocenters. The molecular formula is C60H62Cl4N2O8. The molecule has 10 nitrogen and oxygen atoms in total. The Morgan fingerprint density at radius 1 is 0.486 bits per heavy atom. The van der Waals surface area contributed by atoms with Crippen molar-refractivity contribution >= 4 is 58.2 Å². The van der Waals surface area contributed by atoms with E-state index < -0.39 is 22.7 Å². The Morgan fingerprint density at radius 2 is 0.797 bits per heavy atom. The molecule has 6 atom stereocenters. The molecule has 14 heteroatoms. The van der Waals surface area contributed by atoms with Gasteiger partial charge in [-0.05, 0) is 160 Å². The fourth-order valence-corrected chi connectivity index (χ4v) is 11.2. The number of benzene rings is 6. The van der Waals surface area contributed by atoms with Gasteiger partial charge in [0.05, 0.1) is 24.4 Å². The van der Waals surface area contributed by atoms with Crippen molar-refractivity contribution < 1.29 is 39.5 Å². The van der Waals surface area contributed by atoms with E-state index in [1.165, 1.54) is 0 Å². The Bertz CT molecular complexity index is 2770. The summed E-state index contributed by atoms with van der Waals surface area (Å²) in [5.74, 6) is 0.446. The van der Waals surface area contributed by atoms with Gasteiger partial charge in [0.1, 0.15) is 0 Å². The topological polar surface area (TPSA) is 140 Å². The fourth-order valence-electron chi connectivity index (χ4n) is 10.7. The van der Waals surface area contributed by atoms with Crippen LogP contribution in [0.3, 0.4) is 0 Å². The summed E-state index contributed by atoms with van der Waals surface area (Å²) in [6.45, 7) is 8.43. The monoisotopic (exact) mass is 1080 g/mol. The summed E-state index contributed by atoms with van der Waals surface area (Å²) in [7, 11) is 0. The minimum Gasteiger partial charge on any atom is -0.396 e. The second-order valence-electron chi connectivity index (χ2n) is 21.2. The van der Waals surface area contributed by atoms with Crippen molar-refractivity contribution in [3.8, 4) is 0 Å². The number of aliphatic hydroxyl groups is 4. The third kappa shape index (κ3) is 10.5. The number of fused-ring (bicyclic) bond motifs is 2. The van der Waals surface area contributed by atoms with Gasteiger partial charge < -0.3 is 29.9 Å². The number of halogens is 4. The summed E-state index contributed by atoms with van der Waals surface area (Å²) in [6.07, 6.45) is 3.88. The predicted octanol–water partition coefficient (Wildman–Crippen LogP) is 12.2. The van der Waals surface area contributed by atoms with Crippen LogP contribution in [0.1, 0.15) is 119 Å². The third-order valence-corrected chi connectivity index (χ3v) is 16.5. The number of hydrogen-bond acceptors (Lipinski definition) is 8. The molecule has 2 amide bonds. The summed E-state index contributed by atoms with van der Waals surface area (Å²) in [6, 6.07) is 40.7. The number of hydrogen-bond donors (Lipinski definition) is 4. The van der Waals surface area contributed by atoms with Crippen molar-refractivity contribution in [1.82, 2.24) is 9.80 Å². The lowest BCUT2D eigenvalue weighted by molar-refractivity contribution is -0.138. The summed E-state index contributed by atoms with van der Waals surface area (Å²) in [5, 5.41) is 43.3. The molecule has 2 aliphatic heterocycles. The maximum atomic E-state index is 14.1. The van der Waals surface area contributed by atoms with Gasteiger partial charge in [0, 0.05) is 79.8 Å². The van der Waals surface area contributed by atoms with E-state index in [0.29, 0.717) is 68.6 Å². The molecule has 0 bridgehead atoms. The van der Waals surface area contributed by atoms with Gasteiger partial charge in [-0.15, -0.1) is 0 Å². The highest BCUT2D eigenvalue weighted by Crippen LogP contribution is 2.51. The van der Waals surface area contributed by atoms with Crippen molar-refractivity contribution in [3.63, 3.8) is 0 Å². The van der Waals surface area contributed by atoms with Crippen LogP contribution in [-0.4, -0.2) is 68.5 Å². The summed E-state index contributed by atoms with van der Waals surface area (Å²) in [4.78, 5) is 31.8. The zero-order valence-electron chi connectivity index (χ0n) is 41.9. The molecule has 4 N–H and O–H groups in total. The van der Waals surface area contributed by atoms with E-state index >= 15 is 0 Å². The summed E-state index contributed by atoms with van der Waals surface area (Å²) >= 11 is 24.8. The lowest BCUT2D eigenvalue weighted by Gasteiger charge is -2.43. The van der Waals surface area contributed by atoms with E-state index in [-0.39, 0.29) is 48.7 Å². The van der Waals surface area contributed by atoms with Crippen LogP contribution >= 0.6 is 46.4 Å². The van der Waals surface area contributed by atoms with Gasteiger partial charge in [0.2, 0.25) is 0 Å². The Hall–Kier alpha value is -4.82. The first kappa shape index (κ1) is 54.0. The highest BCUT2D eigenvalue weighted by molar-refractivity contribution is 6.31. The molecule has 0 aromatic heterocycles. The van der Waals surface area contributed by atoms with Crippen molar-refractivity contribution in [1.29, 1.82) is 0 Å². The number of rotatable bonds is 16. The molecular weight excluding hydrogens is 1020 g/mol. The molecule has 0 spiro atoms. The van der Waals surface area contributed by atoms with Gasteiger partial charge >= 0.3 is 0 Å². The summed E-state index contributed by atoms with van der Waals surface area (Å²) < 4.78 is 13.7. The van der Waals surface area contributed by atoms with Gasteiger partial charge in [0.15, 0.2) is 11.4 Å². The van der Waals surface area contributed by atoms with Gasteiger partial charge in [-0.25, -0.2) is 0 Å². The van der Waals surface area contributed by atoms with Crippen LogP contribution in [0, 0.1) is 23.7 Å². The van der Waals surface area contributed by atoms with Crippen LogP contribution in [0.5, 0.6) is 0 Å². The van der Waals surface area contributed by atoms with Crippen LogP contribution in [0.15, 0.2) is 133 Å². The molecule has 74 heavy (non-hydrogen) atoms. The Kier molecular flexibility index (Phi) is 15.8. The molecule has 0 radical (unpaired) electrons. The van der Waals surface area contributed by atoms with Crippen molar-refractivity contribution in [2.24, 2.45) is 23.7 Å². The lowest BCUT2D eigenvalue weighted by Crippen LogP contribution is -2.48. The first-order valence-electron chi connectivity index (χ1n) is 25.2. The van der Waals surface area contributed by atoms with Crippen LogP contribution in [0.4, 0.5) is 0 Å². The third-order valence-electron chi connectivity index (χ3n) is 15.5. The molecule has 2 heterocycles. The van der Waals surface area contributed by atoms with E-state index in [1.807, 2.05) is 97.1 Å². The van der Waals surface area contributed by atoms with Crippen molar-refractivity contribution in [2.45, 2.75) is 89.1 Å². The van der Waals surface area contributed by atoms with Gasteiger partial charge in [-0.2, -0.15) is 0 Å². The largest absolute Gasteiger partial charge is 0.396 e. The zero-order chi connectivity index (χ0) is 52.7. The van der Waals surface area contributed by atoms with Crippen LogP contribution in [0.25, 0.3) is 0 Å². The Balaban J connectivity index is 0.000000182. The Labute approximate surface area is 453 Å². The standard InChI is InChI=1S/2C30H31Cl2NO4/c2*1-29(2,36)23-9-14-27-26(15-23)28(35)33(16-19-3-10-24(31)11-4-19)30(27,22-7-12-25(32)13-8-22)37-18-21-6-5-20(21)17-34/h2*3-4,7-15,20-21,34,36H,5-6,16-18H2,1-2H3/t20-,21+,30+;20-,21+,30-/m01/s1. The zero-order valence-corrected chi connectivity index (χ0v) is 44.9. The maximum Gasteiger partial charge on any atom is 0.257 e. The van der Waals surface area contributed by atoms with E-state index in [2.05, 4.69) is 0 Å². The number of carbonyl (C=O) groups is 2. The van der Waals surface area contributed by atoms with E-state index in [1.54, 1.807) is 73.9 Å². The number of amides is 2. The van der Waals surface area contributed by atoms with Crippen molar-refractivity contribution in [3.05, 3.63) is 209 Å². The molecule has 0 saturated heterocycles. The smallest absolute Gasteiger partial charge is 0.257 e. The van der Waals surface area contributed by atoms with E-state index in [9.17, 15) is 30.0 Å². The molecule has 10 rings (SSSR count). The lowest BCUT2D eigenvalue weighted by atomic mass is 9.74. The average molecular weight is 1080 g/mol. The normalized spacial score (nSPS) is 23.2.